The summed E-state index contributed by atoms with van der Waals surface area (Å²) >= 11 is 1.69. The van der Waals surface area contributed by atoms with Gasteiger partial charge in [-0.2, -0.15) is 0 Å². The van der Waals surface area contributed by atoms with Crippen molar-refractivity contribution in [3.63, 3.8) is 0 Å². The lowest BCUT2D eigenvalue weighted by molar-refractivity contribution is 0.247. The molecule has 0 spiro atoms. The predicted molar refractivity (Wildman–Crippen MR) is 119 cm³/mol. The SMILES string of the molecule is CN1CCc2c(sc3ncn(CCN4CCN(c5ccccc5)CC4)c(=O)c23)C1. The van der Waals surface area contributed by atoms with Crippen LogP contribution in [-0.4, -0.2) is 65.7 Å². The van der Waals surface area contributed by atoms with E-state index >= 15 is 0 Å². The van der Waals surface area contributed by atoms with E-state index in [9.17, 15) is 4.79 Å². The number of hydrogen-bond acceptors (Lipinski definition) is 6. The topological polar surface area (TPSA) is 44.6 Å². The van der Waals surface area contributed by atoms with Crippen molar-refractivity contribution in [2.24, 2.45) is 0 Å². The minimum absolute atomic E-state index is 0.139. The third-order valence-electron chi connectivity index (χ3n) is 6.17. The van der Waals surface area contributed by atoms with Crippen molar-refractivity contribution in [2.75, 3.05) is 51.2 Å². The second kappa shape index (κ2) is 7.89. The molecule has 0 aliphatic carbocycles. The van der Waals surface area contributed by atoms with Crippen molar-refractivity contribution in [2.45, 2.75) is 19.5 Å². The van der Waals surface area contributed by atoms with Gasteiger partial charge in [0.2, 0.25) is 0 Å². The maximum Gasteiger partial charge on any atom is 0.262 e. The van der Waals surface area contributed by atoms with E-state index in [-0.39, 0.29) is 5.56 Å². The highest BCUT2D eigenvalue weighted by atomic mass is 32.1. The van der Waals surface area contributed by atoms with Crippen molar-refractivity contribution in [3.8, 4) is 0 Å². The van der Waals surface area contributed by atoms with Gasteiger partial charge < -0.3 is 9.80 Å². The molecule has 0 unspecified atom stereocenters. The molecule has 0 radical (unpaired) electrons. The predicted octanol–water partition coefficient (Wildman–Crippen LogP) is 2.27. The van der Waals surface area contributed by atoms with Gasteiger partial charge in [-0.05, 0) is 31.2 Å². The number of likely N-dealkylation sites (N-methyl/N-ethyl adjacent to an activating group) is 1. The molecule has 7 heteroatoms. The van der Waals surface area contributed by atoms with Gasteiger partial charge in [0.15, 0.2) is 0 Å². The van der Waals surface area contributed by atoms with E-state index in [1.807, 2.05) is 4.57 Å². The summed E-state index contributed by atoms with van der Waals surface area (Å²) in [5, 5.41) is 0.870. The third kappa shape index (κ3) is 3.70. The number of piperazine rings is 1. The molecule has 3 aromatic rings. The van der Waals surface area contributed by atoms with Gasteiger partial charge in [-0.3, -0.25) is 14.3 Å². The summed E-state index contributed by atoms with van der Waals surface area (Å²) in [6, 6.07) is 10.6. The van der Waals surface area contributed by atoms with Gasteiger partial charge in [-0.25, -0.2) is 4.98 Å². The Labute approximate surface area is 175 Å². The van der Waals surface area contributed by atoms with Crippen LogP contribution in [0.25, 0.3) is 10.2 Å². The van der Waals surface area contributed by atoms with Crippen LogP contribution < -0.4 is 10.5 Å². The molecule has 1 aromatic carbocycles. The minimum atomic E-state index is 0.139. The zero-order chi connectivity index (χ0) is 19.8. The summed E-state index contributed by atoms with van der Waals surface area (Å²) in [4.78, 5) is 27.2. The average Bonchev–Trinajstić information content (AvgIpc) is 3.12. The molecule has 0 saturated carbocycles. The summed E-state index contributed by atoms with van der Waals surface area (Å²) in [5.74, 6) is 0. The molecule has 2 aliphatic heterocycles. The van der Waals surface area contributed by atoms with Crippen LogP contribution in [0, 0.1) is 0 Å². The van der Waals surface area contributed by atoms with Gasteiger partial charge >= 0.3 is 0 Å². The molecule has 2 aromatic heterocycles. The van der Waals surface area contributed by atoms with Crippen molar-refractivity contribution >= 4 is 27.2 Å². The highest BCUT2D eigenvalue weighted by molar-refractivity contribution is 7.18. The van der Waals surface area contributed by atoms with Crippen LogP contribution in [0.4, 0.5) is 5.69 Å². The molecule has 1 saturated heterocycles. The number of fused-ring (bicyclic) bond motifs is 3. The fourth-order valence-electron chi connectivity index (χ4n) is 4.42. The molecule has 0 bridgehead atoms. The summed E-state index contributed by atoms with van der Waals surface area (Å²) in [5.41, 5.74) is 2.68. The average molecular weight is 410 g/mol. The number of para-hydroxylation sites is 1. The zero-order valence-electron chi connectivity index (χ0n) is 16.9. The second-order valence-corrected chi connectivity index (χ2v) is 9.16. The number of aromatic nitrogens is 2. The van der Waals surface area contributed by atoms with E-state index < -0.39 is 0 Å². The van der Waals surface area contributed by atoms with Crippen molar-refractivity contribution in [1.29, 1.82) is 0 Å². The van der Waals surface area contributed by atoms with Gasteiger partial charge in [0.05, 0.1) is 11.7 Å². The molecule has 0 N–H and O–H groups in total. The maximum atomic E-state index is 13.1. The molecule has 29 heavy (non-hydrogen) atoms. The molecule has 5 rings (SSSR count). The Morgan fingerprint density at radius 1 is 1.03 bits per heavy atom. The Morgan fingerprint density at radius 2 is 1.83 bits per heavy atom. The summed E-state index contributed by atoms with van der Waals surface area (Å²) in [6.45, 7) is 7.66. The van der Waals surface area contributed by atoms with Gasteiger partial charge in [-0.15, -0.1) is 11.3 Å². The molecular weight excluding hydrogens is 382 g/mol. The fourth-order valence-corrected chi connectivity index (χ4v) is 5.68. The van der Waals surface area contributed by atoms with Crippen LogP contribution in [-0.2, 0) is 19.5 Å². The summed E-state index contributed by atoms with van der Waals surface area (Å²) in [7, 11) is 2.14. The van der Waals surface area contributed by atoms with Crippen LogP contribution in [0.5, 0.6) is 0 Å². The van der Waals surface area contributed by atoms with Gasteiger partial charge in [0.1, 0.15) is 4.83 Å². The normalized spacial score (nSPS) is 18.3. The molecule has 6 nitrogen and oxygen atoms in total. The van der Waals surface area contributed by atoms with E-state index in [1.165, 1.54) is 16.1 Å². The molecule has 152 valence electrons. The van der Waals surface area contributed by atoms with Crippen molar-refractivity contribution in [1.82, 2.24) is 19.4 Å². The van der Waals surface area contributed by atoms with Crippen molar-refractivity contribution < 1.29 is 0 Å². The van der Waals surface area contributed by atoms with E-state index in [0.29, 0.717) is 6.54 Å². The highest BCUT2D eigenvalue weighted by Gasteiger charge is 2.22. The number of hydrogen-bond donors (Lipinski definition) is 0. The first kappa shape index (κ1) is 18.8. The van der Waals surface area contributed by atoms with E-state index in [1.54, 1.807) is 17.7 Å². The first-order chi connectivity index (χ1) is 14.2. The van der Waals surface area contributed by atoms with Crippen LogP contribution in [0.2, 0.25) is 0 Å². The van der Waals surface area contributed by atoms with Crippen LogP contribution in [0.15, 0.2) is 41.5 Å². The molecule has 0 amide bonds. The molecule has 4 heterocycles. The lowest BCUT2D eigenvalue weighted by Crippen LogP contribution is -2.47. The Morgan fingerprint density at radius 3 is 2.62 bits per heavy atom. The maximum absolute atomic E-state index is 13.1. The second-order valence-electron chi connectivity index (χ2n) is 8.08. The minimum Gasteiger partial charge on any atom is -0.369 e. The first-order valence-electron chi connectivity index (χ1n) is 10.4. The number of rotatable bonds is 4. The lowest BCUT2D eigenvalue weighted by Gasteiger charge is -2.36. The van der Waals surface area contributed by atoms with E-state index in [2.05, 4.69) is 57.1 Å². The Balaban J connectivity index is 1.26. The van der Waals surface area contributed by atoms with Gasteiger partial charge in [0, 0.05) is 62.9 Å². The molecule has 2 aliphatic rings. The molecule has 1 fully saturated rings. The standard InChI is InChI=1S/C22H27N5OS/c1-24-8-7-18-19(15-24)29-21-20(18)22(28)27(16-23-21)14-11-25-9-12-26(13-10-25)17-5-3-2-4-6-17/h2-6,16H,7-15H2,1H3. The largest absolute Gasteiger partial charge is 0.369 e. The number of anilines is 1. The monoisotopic (exact) mass is 409 g/mol. The Kier molecular flexibility index (Phi) is 5.11. The van der Waals surface area contributed by atoms with E-state index in [4.69, 9.17) is 0 Å². The summed E-state index contributed by atoms with van der Waals surface area (Å²) < 4.78 is 1.82. The highest BCUT2D eigenvalue weighted by Crippen LogP contribution is 2.31. The first-order valence-corrected chi connectivity index (χ1v) is 11.2. The quantitative estimate of drug-likeness (QED) is 0.662. The smallest absolute Gasteiger partial charge is 0.262 e. The van der Waals surface area contributed by atoms with Crippen molar-refractivity contribution in [3.05, 3.63) is 57.5 Å². The van der Waals surface area contributed by atoms with Crippen LogP contribution in [0.1, 0.15) is 10.4 Å². The number of benzene rings is 1. The van der Waals surface area contributed by atoms with Crippen LogP contribution >= 0.6 is 11.3 Å². The Hall–Kier alpha value is -2.22. The van der Waals surface area contributed by atoms with Gasteiger partial charge in [-0.1, -0.05) is 18.2 Å². The number of nitrogens with zero attached hydrogens (tertiary/aromatic N) is 5. The van der Waals surface area contributed by atoms with Gasteiger partial charge in [0.25, 0.3) is 5.56 Å². The van der Waals surface area contributed by atoms with E-state index in [0.717, 1.165) is 62.5 Å². The number of thiophene rings is 1. The zero-order valence-corrected chi connectivity index (χ0v) is 17.7. The fraction of sp³-hybridized carbons (Fsp3) is 0.455. The lowest BCUT2D eigenvalue weighted by atomic mass is 10.1. The summed E-state index contributed by atoms with van der Waals surface area (Å²) in [6.07, 6.45) is 2.70. The molecular formula is C22H27N5OS. The molecule has 0 atom stereocenters. The van der Waals surface area contributed by atoms with Crippen LogP contribution in [0.3, 0.4) is 0 Å². The third-order valence-corrected chi connectivity index (χ3v) is 7.29. The Bertz CT molecular complexity index is 1050.